The number of rotatable bonds is 4. The van der Waals surface area contributed by atoms with Crippen LogP contribution in [0.15, 0.2) is 42.6 Å². The number of amides is 1. The molecule has 4 rings (SSSR count). The van der Waals surface area contributed by atoms with Gasteiger partial charge in [-0.1, -0.05) is 17.7 Å². The highest BCUT2D eigenvalue weighted by Gasteiger charge is 2.30. The molecule has 0 bridgehead atoms. The lowest BCUT2D eigenvalue weighted by Gasteiger charge is -2.36. The van der Waals surface area contributed by atoms with Crippen LogP contribution in [0.4, 0.5) is 5.69 Å². The fourth-order valence-corrected chi connectivity index (χ4v) is 4.23. The van der Waals surface area contributed by atoms with E-state index in [2.05, 4.69) is 49.0 Å². The molecule has 0 N–H and O–H groups in total. The van der Waals surface area contributed by atoms with Gasteiger partial charge in [0.1, 0.15) is 0 Å². The van der Waals surface area contributed by atoms with Crippen LogP contribution < -0.4 is 4.90 Å². The van der Waals surface area contributed by atoms with Gasteiger partial charge in [-0.2, -0.15) is 5.10 Å². The largest absolute Gasteiger partial charge is 0.372 e. The first-order chi connectivity index (χ1) is 13.5. The van der Waals surface area contributed by atoms with Crippen molar-refractivity contribution in [2.45, 2.75) is 33.2 Å². The van der Waals surface area contributed by atoms with Crippen LogP contribution >= 0.6 is 11.6 Å². The average Bonchev–Trinajstić information content (AvgIpc) is 3.12. The summed E-state index contributed by atoms with van der Waals surface area (Å²) in [5.74, 6) is -0.0359. The van der Waals surface area contributed by atoms with E-state index in [9.17, 15) is 4.79 Å². The molecule has 0 fully saturated rings. The van der Waals surface area contributed by atoms with E-state index >= 15 is 0 Å². The highest BCUT2D eigenvalue weighted by atomic mass is 35.5. The van der Waals surface area contributed by atoms with E-state index in [-0.39, 0.29) is 11.9 Å². The first-order valence-electron chi connectivity index (χ1n) is 9.85. The minimum absolute atomic E-state index is 0.0140. The van der Waals surface area contributed by atoms with Crippen molar-refractivity contribution in [3.05, 3.63) is 64.4 Å². The number of halogens is 1. The quantitative estimate of drug-likeness (QED) is 0.647. The third-order valence-corrected chi connectivity index (χ3v) is 5.92. The van der Waals surface area contributed by atoms with E-state index in [0.717, 1.165) is 25.0 Å². The van der Waals surface area contributed by atoms with Gasteiger partial charge in [0, 0.05) is 31.5 Å². The molecule has 5 nitrogen and oxygen atoms in total. The van der Waals surface area contributed by atoms with E-state index in [0.29, 0.717) is 17.3 Å². The fraction of sp³-hybridized carbons (Fsp3) is 0.364. The number of nitrogens with zero attached hydrogens (tertiary/aromatic N) is 4. The summed E-state index contributed by atoms with van der Waals surface area (Å²) in [5, 5.41) is 5.04. The van der Waals surface area contributed by atoms with Gasteiger partial charge in [-0.05, 0) is 68.7 Å². The zero-order chi connectivity index (χ0) is 19.8. The molecule has 28 heavy (non-hydrogen) atoms. The third kappa shape index (κ3) is 3.24. The molecular formula is C22H25ClN4O. The molecule has 0 spiro atoms. The first-order valence-corrected chi connectivity index (χ1v) is 10.2. The SMILES string of the molecule is CCN(CC)c1ccc2c(c1)C(C)N(C(=O)c1cc3ccc(Cl)cn3n1)CC2. The van der Waals surface area contributed by atoms with E-state index in [1.165, 1.54) is 16.8 Å². The fourth-order valence-electron chi connectivity index (χ4n) is 4.08. The lowest BCUT2D eigenvalue weighted by molar-refractivity contribution is 0.0671. The van der Waals surface area contributed by atoms with Crippen LogP contribution in [0.25, 0.3) is 5.52 Å². The summed E-state index contributed by atoms with van der Waals surface area (Å²) >= 11 is 6.04. The number of anilines is 1. The predicted octanol–water partition coefficient (Wildman–Crippen LogP) is 4.59. The van der Waals surface area contributed by atoms with Gasteiger partial charge in [-0.3, -0.25) is 4.79 Å². The number of benzene rings is 1. The summed E-state index contributed by atoms with van der Waals surface area (Å²) < 4.78 is 1.66. The maximum absolute atomic E-state index is 13.2. The number of hydrogen-bond donors (Lipinski definition) is 0. The molecule has 0 radical (unpaired) electrons. The Balaban J connectivity index is 1.64. The van der Waals surface area contributed by atoms with Crippen molar-refractivity contribution in [2.75, 3.05) is 24.5 Å². The number of carbonyl (C=O) groups excluding carboxylic acids is 1. The van der Waals surface area contributed by atoms with Gasteiger partial charge in [0.2, 0.25) is 0 Å². The normalized spacial score (nSPS) is 16.3. The molecule has 3 aromatic rings. The van der Waals surface area contributed by atoms with Crippen molar-refractivity contribution in [3.63, 3.8) is 0 Å². The number of aromatic nitrogens is 2. The van der Waals surface area contributed by atoms with Crippen molar-refractivity contribution in [1.29, 1.82) is 0 Å². The van der Waals surface area contributed by atoms with Gasteiger partial charge < -0.3 is 9.80 Å². The Morgan fingerprint density at radius 2 is 2.00 bits per heavy atom. The summed E-state index contributed by atoms with van der Waals surface area (Å²) in [6, 6.07) is 12.2. The Morgan fingerprint density at radius 3 is 2.75 bits per heavy atom. The van der Waals surface area contributed by atoms with Crippen molar-refractivity contribution >= 4 is 28.7 Å². The van der Waals surface area contributed by atoms with Crippen molar-refractivity contribution in [3.8, 4) is 0 Å². The zero-order valence-corrected chi connectivity index (χ0v) is 17.3. The molecule has 0 saturated carbocycles. The topological polar surface area (TPSA) is 40.9 Å². The monoisotopic (exact) mass is 396 g/mol. The number of carbonyl (C=O) groups is 1. The molecular weight excluding hydrogens is 372 g/mol. The molecule has 1 unspecified atom stereocenters. The molecule has 1 aliphatic heterocycles. The Labute approximate surface area is 170 Å². The minimum Gasteiger partial charge on any atom is -0.372 e. The van der Waals surface area contributed by atoms with E-state index in [1.54, 1.807) is 16.8 Å². The minimum atomic E-state index is -0.0359. The van der Waals surface area contributed by atoms with Crippen LogP contribution in [-0.2, 0) is 6.42 Å². The zero-order valence-electron chi connectivity index (χ0n) is 16.5. The first kappa shape index (κ1) is 18.8. The van der Waals surface area contributed by atoms with Crippen LogP contribution in [0.3, 0.4) is 0 Å². The molecule has 6 heteroatoms. The molecule has 2 aromatic heterocycles. The Bertz CT molecular complexity index is 1020. The summed E-state index contributed by atoms with van der Waals surface area (Å²) in [4.78, 5) is 17.5. The maximum Gasteiger partial charge on any atom is 0.274 e. The summed E-state index contributed by atoms with van der Waals surface area (Å²) in [7, 11) is 0. The number of pyridine rings is 1. The molecule has 1 atom stereocenters. The highest BCUT2D eigenvalue weighted by molar-refractivity contribution is 6.30. The second kappa shape index (κ2) is 7.47. The van der Waals surface area contributed by atoms with Crippen LogP contribution in [0, 0.1) is 0 Å². The van der Waals surface area contributed by atoms with E-state index in [4.69, 9.17) is 11.6 Å². The second-order valence-electron chi connectivity index (χ2n) is 7.23. The molecule has 1 amide bonds. The second-order valence-corrected chi connectivity index (χ2v) is 7.66. The van der Waals surface area contributed by atoms with Crippen LogP contribution in [0.5, 0.6) is 0 Å². The van der Waals surface area contributed by atoms with Gasteiger partial charge in [-0.25, -0.2) is 4.52 Å². The van der Waals surface area contributed by atoms with E-state index in [1.807, 2.05) is 17.0 Å². The third-order valence-electron chi connectivity index (χ3n) is 5.70. The Hall–Kier alpha value is -2.53. The standard InChI is InChI=1S/C22H25ClN4O/c1-4-25(5-2)18-8-6-16-10-11-26(15(3)20(16)12-18)22(28)21-13-19-9-7-17(23)14-27(19)24-21/h6-9,12-15H,4-5,10-11H2,1-3H3. The summed E-state index contributed by atoms with van der Waals surface area (Å²) in [6.45, 7) is 9.07. The smallest absolute Gasteiger partial charge is 0.274 e. The van der Waals surface area contributed by atoms with Gasteiger partial charge in [0.15, 0.2) is 5.69 Å². The summed E-state index contributed by atoms with van der Waals surface area (Å²) in [6.07, 6.45) is 2.59. The molecule has 0 aliphatic carbocycles. The maximum atomic E-state index is 13.2. The van der Waals surface area contributed by atoms with Gasteiger partial charge >= 0.3 is 0 Å². The Morgan fingerprint density at radius 1 is 1.21 bits per heavy atom. The van der Waals surface area contributed by atoms with Gasteiger partial charge in [0.25, 0.3) is 5.91 Å². The molecule has 3 heterocycles. The number of hydrogen-bond acceptors (Lipinski definition) is 3. The average molecular weight is 397 g/mol. The van der Waals surface area contributed by atoms with Gasteiger partial charge in [-0.15, -0.1) is 0 Å². The lowest BCUT2D eigenvalue weighted by atomic mass is 9.92. The molecule has 0 saturated heterocycles. The molecule has 1 aromatic carbocycles. The summed E-state index contributed by atoms with van der Waals surface area (Å²) in [5.41, 5.74) is 5.09. The highest BCUT2D eigenvalue weighted by Crippen LogP contribution is 2.33. The van der Waals surface area contributed by atoms with Crippen molar-refractivity contribution in [1.82, 2.24) is 14.5 Å². The van der Waals surface area contributed by atoms with Crippen LogP contribution in [0.2, 0.25) is 5.02 Å². The molecule has 1 aliphatic rings. The predicted molar refractivity (Wildman–Crippen MR) is 113 cm³/mol. The van der Waals surface area contributed by atoms with Crippen molar-refractivity contribution < 1.29 is 4.79 Å². The van der Waals surface area contributed by atoms with E-state index < -0.39 is 0 Å². The van der Waals surface area contributed by atoms with Crippen LogP contribution in [0.1, 0.15) is 48.4 Å². The van der Waals surface area contributed by atoms with Crippen LogP contribution in [-0.4, -0.2) is 40.1 Å². The molecule has 146 valence electrons. The number of fused-ring (bicyclic) bond motifs is 2. The Kier molecular flexibility index (Phi) is 5.02. The van der Waals surface area contributed by atoms with Gasteiger partial charge in [0.05, 0.1) is 16.6 Å². The lowest BCUT2D eigenvalue weighted by Crippen LogP contribution is -2.39. The van der Waals surface area contributed by atoms with Crippen molar-refractivity contribution in [2.24, 2.45) is 0 Å².